The molecule has 22 heavy (non-hydrogen) atoms. The van der Waals surface area contributed by atoms with Crippen molar-refractivity contribution in [3.05, 3.63) is 47.0 Å². The molecule has 0 radical (unpaired) electrons. The Kier molecular flexibility index (Phi) is 3.40. The molecule has 0 saturated carbocycles. The van der Waals surface area contributed by atoms with Gasteiger partial charge in [0.2, 0.25) is 5.79 Å². The molecule has 0 bridgehead atoms. The van der Waals surface area contributed by atoms with E-state index in [2.05, 4.69) is 0 Å². The van der Waals surface area contributed by atoms with Gasteiger partial charge in [-0.25, -0.2) is 4.39 Å². The van der Waals surface area contributed by atoms with Crippen LogP contribution in [0.1, 0.15) is 51.5 Å². The highest BCUT2D eigenvalue weighted by Crippen LogP contribution is 2.48. The molecule has 1 aromatic carbocycles. The lowest BCUT2D eigenvalue weighted by Gasteiger charge is -2.43. The third-order valence-electron chi connectivity index (χ3n) is 4.43. The molecular formula is C18H21FO3. The predicted octanol–water partition coefficient (Wildman–Crippen LogP) is 3.68. The van der Waals surface area contributed by atoms with Crippen molar-refractivity contribution >= 4 is 5.78 Å². The van der Waals surface area contributed by atoms with Crippen molar-refractivity contribution in [2.75, 3.05) is 0 Å². The monoisotopic (exact) mass is 304 g/mol. The average Bonchev–Trinajstić information content (AvgIpc) is 2.35. The Morgan fingerprint density at radius 3 is 2.45 bits per heavy atom. The van der Waals surface area contributed by atoms with Gasteiger partial charge in [-0.2, -0.15) is 0 Å². The van der Waals surface area contributed by atoms with E-state index in [1.165, 1.54) is 12.1 Å². The first-order valence-electron chi connectivity index (χ1n) is 7.60. The first kappa shape index (κ1) is 15.2. The van der Waals surface area contributed by atoms with Crippen molar-refractivity contribution < 1.29 is 19.0 Å². The number of hydrogen-bond acceptors (Lipinski definition) is 3. The van der Waals surface area contributed by atoms with Gasteiger partial charge in [-0.15, -0.1) is 0 Å². The number of halogens is 1. The van der Waals surface area contributed by atoms with Crippen LogP contribution in [0.15, 0.2) is 35.6 Å². The predicted molar refractivity (Wildman–Crippen MR) is 80.5 cm³/mol. The van der Waals surface area contributed by atoms with Crippen molar-refractivity contribution in [1.29, 1.82) is 0 Å². The van der Waals surface area contributed by atoms with Gasteiger partial charge >= 0.3 is 0 Å². The van der Waals surface area contributed by atoms with Gasteiger partial charge in [0.25, 0.3) is 0 Å². The number of carbonyl (C=O) groups excluding carboxylic acids is 1. The molecule has 3 nitrogen and oxygen atoms in total. The fourth-order valence-electron chi connectivity index (χ4n) is 3.52. The molecule has 0 fully saturated rings. The van der Waals surface area contributed by atoms with E-state index >= 15 is 0 Å². The lowest BCUT2D eigenvalue weighted by atomic mass is 9.70. The SMILES string of the molecule is CC1(C)CC(=O)C2=C(C1)OC(C)(O)C[C@@H]2c1ccc(F)cc1. The Labute approximate surface area is 129 Å². The van der Waals surface area contributed by atoms with Gasteiger partial charge in [-0.3, -0.25) is 4.79 Å². The smallest absolute Gasteiger partial charge is 0.205 e. The number of carbonyl (C=O) groups is 1. The van der Waals surface area contributed by atoms with Crippen molar-refractivity contribution in [1.82, 2.24) is 0 Å². The molecule has 2 atom stereocenters. The molecule has 2 aliphatic rings. The number of Topliss-reactive ketones (excluding diaryl/α,β-unsaturated/α-hetero) is 1. The average molecular weight is 304 g/mol. The van der Waals surface area contributed by atoms with Crippen LogP contribution in [0.5, 0.6) is 0 Å². The van der Waals surface area contributed by atoms with E-state index < -0.39 is 5.79 Å². The third-order valence-corrected chi connectivity index (χ3v) is 4.43. The molecule has 3 rings (SSSR count). The minimum Gasteiger partial charge on any atom is -0.467 e. The zero-order chi connectivity index (χ0) is 16.1. The van der Waals surface area contributed by atoms with Crippen molar-refractivity contribution in [2.45, 2.75) is 51.7 Å². The maximum Gasteiger partial charge on any atom is 0.205 e. The fraction of sp³-hybridized carbons (Fsp3) is 0.500. The van der Waals surface area contributed by atoms with Crippen molar-refractivity contribution in [3.8, 4) is 0 Å². The normalized spacial score (nSPS) is 30.8. The highest BCUT2D eigenvalue weighted by molar-refractivity contribution is 5.98. The highest BCUT2D eigenvalue weighted by atomic mass is 19.1. The zero-order valence-electron chi connectivity index (χ0n) is 13.1. The van der Waals surface area contributed by atoms with Crippen LogP contribution in [0.2, 0.25) is 0 Å². The van der Waals surface area contributed by atoms with Crippen LogP contribution in [-0.2, 0) is 9.53 Å². The van der Waals surface area contributed by atoms with Gasteiger partial charge in [-0.1, -0.05) is 26.0 Å². The van der Waals surface area contributed by atoms with E-state index in [-0.39, 0.29) is 22.9 Å². The zero-order valence-corrected chi connectivity index (χ0v) is 13.1. The molecule has 1 aliphatic carbocycles. The minimum atomic E-state index is -1.31. The first-order chi connectivity index (χ1) is 10.2. The Hall–Kier alpha value is -1.68. The van der Waals surface area contributed by atoms with Gasteiger partial charge in [0.15, 0.2) is 5.78 Å². The van der Waals surface area contributed by atoms with Crippen LogP contribution in [0.25, 0.3) is 0 Å². The Morgan fingerprint density at radius 2 is 1.82 bits per heavy atom. The third kappa shape index (κ3) is 2.80. The van der Waals surface area contributed by atoms with Gasteiger partial charge in [0.1, 0.15) is 11.6 Å². The number of rotatable bonds is 1. The van der Waals surface area contributed by atoms with Crippen LogP contribution >= 0.6 is 0 Å². The number of allylic oxidation sites excluding steroid dienone is 2. The van der Waals surface area contributed by atoms with Gasteiger partial charge in [0.05, 0.1) is 0 Å². The summed E-state index contributed by atoms with van der Waals surface area (Å²) < 4.78 is 18.9. The number of benzene rings is 1. The summed E-state index contributed by atoms with van der Waals surface area (Å²) in [6.45, 7) is 5.65. The molecule has 0 amide bonds. The van der Waals surface area contributed by atoms with Crippen molar-refractivity contribution in [3.63, 3.8) is 0 Å². The summed E-state index contributed by atoms with van der Waals surface area (Å²) in [5.74, 6) is -1.22. The number of aliphatic hydroxyl groups is 1. The summed E-state index contributed by atoms with van der Waals surface area (Å²) in [6.07, 6.45) is 1.39. The largest absolute Gasteiger partial charge is 0.467 e. The lowest BCUT2D eigenvalue weighted by Crippen LogP contribution is -2.41. The number of ether oxygens (including phenoxy) is 1. The Balaban J connectivity index is 2.08. The molecule has 1 aliphatic heterocycles. The van der Waals surface area contributed by atoms with E-state index in [4.69, 9.17) is 4.74 Å². The lowest BCUT2D eigenvalue weighted by molar-refractivity contribution is -0.184. The molecule has 1 heterocycles. The maximum atomic E-state index is 13.2. The molecule has 1 unspecified atom stereocenters. The fourth-order valence-corrected chi connectivity index (χ4v) is 3.52. The Morgan fingerprint density at radius 1 is 1.18 bits per heavy atom. The molecule has 0 saturated heterocycles. The maximum absolute atomic E-state index is 13.2. The van der Waals surface area contributed by atoms with Crippen LogP contribution in [0, 0.1) is 11.2 Å². The van der Waals surface area contributed by atoms with Crippen LogP contribution < -0.4 is 0 Å². The standard InChI is InChI=1S/C18H21FO3/c1-17(2)9-14(20)16-13(11-4-6-12(19)7-5-11)8-18(3,21)22-15(16)10-17/h4-7,13,21H,8-10H2,1-3H3/t13-,18?/m1/s1. The van der Waals surface area contributed by atoms with Crippen LogP contribution in [0.3, 0.4) is 0 Å². The van der Waals surface area contributed by atoms with E-state index in [0.29, 0.717) is 30.6 Å². The second-order valence-corrected chi connectivity index (χ2v) is 7.36. The van der Waals surface area contributed by atoms with Crippen LogP contribution in [0.4, 0.5) is 4.39 Å². The molecule has 0 aromatic heterocycles. The van der Waals surface area contributed by atoms with E-state index in [1.54, 1.807) is 19.1 Å². The summed E-state index contributed by atoms with van der Waals surface area (Å²) >= 11 is 0. The van der Waals surface area contributed by atoms with E-state index in [0.717, 1.165) is 5.56 Å². The van der Waals surface area contributed by atoms with Gasteiger partial charge < -0.3 is 9.84 Å². The topological polar surface area (TPSA) is 46.5 Å². The van der Waals surface area contributed by atoms with Crippen LogP contribution in [-0.4, -0.2) is 16.7 Å². The Bertz CT molecular complexity index is 637. The van der Waals surface area contributed by atoms with E-state index in [1.807, 2.05) is 13.8 Å². The summed E-state index contributed by atoms with van der Waals surface area (Å²) in [5.41, 5.74) is 1.32. The molecule has 118 valence electrons. The van der Waals surface area contributed by atoms with Crippen molar-refractivity contribution in [2.24, 2.45) is 5.41 Å². The minimum absolute atomic E-state index is 0.0658. The first-order valence-corrected chi connectivity index (χ1v) is 7.60. The second kappa shape index (κ2) is 4.92. The molecular weight excluding hydrogens is 283 g/mol. The summed E-state index contributed by atoms with van der Waals surface area (Å²) in [4.78, 5) is 12.6. The molecule has 4 heteroatoms. The highest BCUT2D eigenvalue weighted by Gasteiger charge is 2.45. The van der Waals surface area contributed by atoms with Gasteiger partial charge in [0, 0.05) is 37.7 Å². The quantitative estimate of drug-likeness (QED) is 0.861. The number of hydrogen-bond donors (Lipinski definition) is 1. The molecule has 1 N–H and O–H groups in total. The molecule has 1 aromatic rings. The van der Waals surface area contributed by atoms with Gasteiger partial charge in [-0.05, 0) is 23.1 Å². The number of ketones is 1. The second-order valence-electron chi connectivity index (χ2n) is 7.36. The van der Waals surface area contributed by atoms with E-state index in [9.17, 15) is 14.3 Å². The summed E-state index contributed by atoms with van der Waals surface area (Å²) in [7, 11) is 0. The molecule has 0 spiro atoms. The summed E-state index contributed by atoms with van der Waals surface area (Å²) in [6, 6.07) is 6.13. The summed E-state index contributed by atoms with van der Waals surface area (Å²) in [5, 5.41) is 10.4.